The van der Waals surface area contributed by atoms with Crippen LogP contribution in [-0.4, -0.2) is 41.5 Å². The molecule has 0 saturated carbocycles. The third-order valence-electron chi connectivity index (χ3n) is 6.02. The van der Waals surface area contributed by atoms with Crippen LogP contribution in [0.4, 0.5) is 5.69 Å². The number of aryl methyl sites for hydroxylation is 2. The van der Waals surface area contributed by atoms with Crippen LogP contribution < -0.4 is 11.1 Å². The van der Waals surface area contributed by atoms with E-state index < -0.39 is 0 Å². The molecule has 0 atom stereocenters. The molecule has 1 aliphatic rings. The number of hydrogen-bond donors (Lipinski definition) is 2. The second-order valence-electron chi connectivity index (χ2n) is 8.28. The van der Waals surface area contributed by atoms with Gasteiger partial charge in [-0.2, -0.15) is 0 Å². The molecule has 3 N–H and O–H groups in total. The Bertz CT molecular complexity index is 1040. The summed E-state index contributed by atoms with van der Waals surface area (Å²) >= 11 is 0. The zero-order chi connectivity index (χ0) is 23.3. The molecule has 7 heteroatoms. The van der Waals surface area contributed by atoms with Gasteiger partial charge in [-0.3, -0.25) is 19.2 Å². The lowest BCUT2D eigenvalue weighted by molar-refractivity contribution is -0.123. The molecule has 0 spiro atoms. The van der Waals surface area contributed by atoms with Crippen molar-refractivity contribution in [3.8, 4) is 0 Å². The number of primary amides is 1. The van der Waals surface area contributed by atoms with Gasteiger partial charge in [0.2, 0.25) is 11.8 Å². The average molecular weight is 436 g/mol. The minimum Gasteiger partial charge on any atom is -0.369 e. The number of nitrogens with one attached hydrogen (secondary N) is 1. The van der Waals surface area contributed by atoms with E-state index in [1.54, 1.807) is 35.2 Å². The second-order valence-corrected chi connectivity index (χ2v) is 8.28. The van der Waals surface area contributed by atoms with E-state index in [4.69, 9.17) is 5.73 Å². The summed E-state index contributed by atoms with van der Waals surface area (Å²) in [6, 6.07) is 12.3. The monoisotopic (exact) mass is 435 g/mol. The quantitative estimate of drug-likeness (QED) is 0.651. The molecule has 0 aromatic heterocycles. The van der Waals surface area contributed by atoms with Crippen LogP contribution in [0.2, 0.25) is 0 Å². The van der Waals surface area contributed by atoms with Gasteiger partial charge in [-0.05, 0) is 56.0 Å². The van der Waals surface area contributed by atoms with Crippen molar-refractivity contribution < 1.29 is 19.2 Å². The van der Waals surface area contributed by atoms with Gasteiger partial charge in [0.15, 0.2) is 5.78 Å². The fourth-order valence-electron chi connectivity index (χ4n) is 3.82. The van der Waals surface area contributed by atoms with Gasteiger partial charge in [-0.1, -0.05) is 24.3 Å². The summed E-state index contributed by atoms with van der Waals surface area (Å²) in [5, 5.41) is 2.77. The van der Waals surface area contributed by atoms with Crippen molar-refractivity contribution in [1.82, 2.24) is 4.90 Å². The highest BCUT2D eigenvalue weighted by Gasteiger charge is 2.27. The van der Waals surface area contributed by atoms with E-state index in [1.165, 1.54) is 0 Å². The lowest BCUT2D eigenvalue weighted by Gasteiger charge is -2.31. The van der Waals surface area contributed by atoms with Crippen LogP contribution in [0.15, 0.2) is 42.5 Å². The fraction of sp³-hybridized carbons (Fsp3) is 0.360. The van der Waals surface area contributed by atoms with E-state index in [2.05, 4.69) is 5.32 Å². The van der Waals surface area contributed by atoms with Crippen LogP contribution >= 0.6 is 0 Å². The first kappa shape index (κ1) is 23.2. The van der Waals surface area contributed by atoms with Crippen molar-refractivity contribution >= 4 is 29.2 Å². The molecule has 32 heavy (non-hydrogen) atoms. The van der Waals surface area contributed by atoms with Crippen molar-refractivity contribution in [2.45, 2.75) is 39.5 Å². The molecule has 3 amide bonds. The molecule has 1 saturated heterocycles. The van der Waals surface area contributed by atoms with E-state index in [0.29, 0.717) is 42.7 Å². The van der Waals surface area contributed by atoms with Gasteiger partial charge < -0.3 is 16.0 Å². The predicted molar refractivity (Wildman–Crippen MR) is 122 cm³/mol. The minimum atomic E-state index is -0.333. The first-order chi connectivity index (χ1) is 15.3. The molecule has 7 nitrogen and oxygen atoms in total. The number of piperidine rings is 1. The Morgan fingerprint density at radius 3 is 2.31 bits per heavy atom. The molecule has 1 fully saturated rings. The molecule has 2 aromatic rings. The van der Waals surface area contributed by atoms with E-state index in [-0.39, 0.29) is 42.3 Å². The number of Topliss-reactive ketones (excluding diaryl/α,β-unsaturated/α-hetero) is 1. The van der Waals surface area contributed by atoms with Gasteiger partial charge in [0.1, 0.15) is 0 Å². The molecule has 0 aliphatic carbocycles. The Hall–Kier alpha value is -3.48. The standard InChI is InChI=1S/C25H29N3O4/c1-16-7-8-19(15-17(16)2)22(29)9-10-23(30)27-21-6-4-3-5-20(21)25(32)28-13-11-18(12-14-28)24(26)31/h3-8,15,18H,9-14H2,1-2H3,(H2,26,31)(H,27,30). The first-order valence-corrected chi connectivity index (χ1v) is 10.8. The van der Waals surface area contributed by atoms with Gasteiger partial charge in [-0.25, -0.2) is 0 Å². The van der Waals surface area contributed by atoms with E-state index in [0.717, 1.165) is 11.1 Å². The maximum atomic E-state index is 13.0. The molecule has 0 radical (unpaired) electrons. The number of amides is 3. The largest absolute Gasteiger partial charge is 0.369 e. The smallest absolute Gasteiger partial charge is 0.255 e. The third-order valence-corrected chi connectivity index (χ3v) is 6.02. The van der Waals surface area contributed by atoms with E-state index in [9.17, 15) is 19.2 Å². The van der Waals surface area contributed by atoms with Crippen LogP contribution in [0.25, 0.3) is 0 Å². The van der Waals surface area contributed by atoms with Crippen molar-refractivity contribution in [2.75, 3.05) is 18.4 Å². The molecule has 168 valence electrons. The molecule has 1 heterocycles. The minimum absolute atomic E-state index is 0.0261. The number of anilines is 1. The van der Waals surface area contributed by atoms with Crippen molar-refractivity contribution in [3.05, 3.63) is 64.7 Å². The highest BCUT2D eigenvalue weighted by molar-refractivity contribution is 6.05. The average Bonchev–Trinajstić information content (AvgIpc) is 2.79. The fourth-order valence-corrected chi connectivity index (χ4v) is 3.82. The summed E-state index contributed by atoms with van der Waals surface area (Å²) in [4.78, 5) is 51.0. The number of benzene rings is 2. The molecule has 1 aliphatic heterocycles. The number of carbonyl (C=O) groups excluding carboxylic acids is 4. The van der Waals surface area contributed by atoms with Crippen LogP contribution in [-0.2, 0) is 9.59 Å². The second kappa shape index (κ2) is 10.2. The topological polar surface area (TPSA) is 110 Å². The van der Waals surface area contributed by atoms with Gasteiger partial charge >= 0.3 is 0 Å². The molecule has 0 bridgehead atoms. The van der Waals surface area contributed by atoms with Gasteiger partial charge in [-0.15, -0.1) is 0 Å². The van der Waals surface area contributed by atoms with E-state index >= 15 is 0 Å². The Morgan fingerprint density at radius 1 is 0.969 bits per heavy atom. The summed E-state index contributed by atoms with van der Waals surface area (Å²) in [6.07, 6.45) is 1.19. The molecular weight excluding hydrogens is 406 g/mol. The molecular formula is C25H29N3O4. The van der Waals surface area contributed by atoms with E-state index in [1.807, 2.05) is 26.0 Å². The Balaban J connectivity index is 1.60. The first-order valence-electron chi connectivity index (χ1n) is 10.8. The number of nitrogens with two attached hydrogens (primary N) is 1. The van der Waals surface area contributed by atoms with Crippen LogP contribution in [0.1, 0.15) is 57.5 Å². The molecule has 2 aromatic carbocycles. The van der Waals surface area contributed by atoms with Crippen LogP contribution in [0.3, 0.4) is 0 Å². The normalized spacial score (nSPS) is 14.1. The summed E-state index contributed by atoms with van der Waals surface area (Å²) in [5.74, 6) is -1.15. The summed E-state index contributed by atoms with van der Waals surface area (Å²) in [7, 11) is 0. The molecule has 0 unspecified atom stereocenters. The number of hydrogen-bond acceptors (Lipinski definition) is 4. The zero-order valence-electron chi connectivity index (χ0n) is 18.5. The molecule has 3 rings (SSSR count). The number of rotatable bonds is 7. The van der Waals surface area contributed by atoms with Crippen molar-refractivity contribution in [2.24, 2.45) is 11.7 Å². The Labute approximate surface area is 188 Å². The SMILES string of the molecule is Cc1ccc(C(=O)CCC(=O)Nc2ccccc2C(=O)N2CCC(C(N)=O)CC2)cc1C. The summed E-state index contributed by atoms with van der Waals surface area (Å²) < 4.78 is 0. The van der Waals surface area contributed by atoms with Crippen LogP contribution in [0.5, 0.6) is 0 Å². The Kier molecular flexibility index (Phi) is 7.41. The van der Waals surface area contributed by atoms with Crippen molar-refractivity contribution in [1.29, 1.82) is 0 Å². The number of likely N-dealkylation sites (tertiary alicyclic amines) is 1. The zero-order valence-corrected chi connectivity index (χ0v) is 18.5. The summed E-state index contributed by atoms with van der Waals surface area (Å²) in [5.41, 5.74) is 8.91. The Morgan fingerprint density at radius 2 is 1.66 bits per heavy atom. The number of ketones is 1. The third kappa shape index (κ3) is 5.60. The predicted octanol–water partition coefficient (Wildman–Crippen LogP) is 3.24. The van der Waals surface area contributed by atoms with Gasteiger partial charge in [0.05, 0.1) is 11.3 Å². The van der Waals surface area contributed by atoms with Gasteiger partial charge in [0, 0.05) is 37.4 Å². The lowest BCUT2D eigenvalue weighted by Crippen LogP contribution is -2.42. The van der Waals surface area contributed by atoms with Crippen molar-refractivity contribution in [3.63, 3.8) is 0 Å². The number of nitrogens with zero attached hydrogens (tertiary/aromatic N) is 1. The maximum Gasteiger partial charge on any atom is 0.255 e. The number of carbonyl (C=O) groups is 4. The number of para-hydroxylation sites is 1. The summed E-state index contributed by atoms with van der Waals surface area (Å²) in [6.45, 7) is 4.82. The highest BCUT2D eigenvalue weighted by Crippen LogP contribution is 2.23. The maximum absolute atomic E-state index is 13.0. The van der Waals surface area contributed by atoms with Crippen LogP contribution in [0, 0.1) is 19.8 Å². The highest BCUT2D eigenvalue weighted by atomic mass is 16.2. The lowest BCUT2D eigenvalue weighted by atomic mass is 9.95. The van der Waals surface area contributed by atoms with Gasteiger partial charge in [0.25, 0.3) is 5.91 Å².